The van der Waals surface area contributed by atoms with E-state index in [0.29, 0.717) is 19.1 Å². The summed E-state index contributed by atoms with van der Waals surface area (Å²) in [6, 6.07) is 0. The molecule has 0 heterocycles. The molecule has 0 spiro atoms. The summed E-state index contributed by atoms with van der Waals surface area (Å²) in [5.41, 5.74) is 5.80. The number of ether oxygens (including phenoxy) is 2. The molecule has 0 bridgehead atoms. The van der Waals surface area contributed by atoms with E-state index in [0.717, 1.165) is 32.3 Å². The van der Waals surface area contributed by atoms with Crippen LogP contribution in [-0.2, 0) is 9.47 Å². The van der Waals surface area contributed by atoms with Gasteiger partial charge in [-0.25, -0.2) is 0 Å². The first-order valence-corrected chi connectivity index (χ1v) is 6.71. The van der Waals surface area contributed by atoms with Crippen LogP contribution in [0.2, 0.25) is 0 Å². The van der Waals surface area contributed by atoms with E-state index in [4.69, 9.17) is 15.2 Å². The minimum atomic E-state index is -0.369. The zero-order valence-corrected chi connectivity index (χ0v) is 11.2. The van der Waals surface area contributed by atoms with Crippen LogP contribution in [0.5, 0.6) is 0 Å². The maximum atomic E-state index is 9.33. The van der Waals surface area contributed by atoms with Crippen molar-refractivity contribution < 1.29 is 14.6 Å². The van der Waals surface area contributed by atoms with Crippen molar-refractivity contribution in [1.29, 1.82) is 0 Å². The lowest BCUT2D eigenvalue weighted by atomic mass is 9.87. The van der Waals surface area contributed by atoms with Gasteiger partial charge in [-0.2, -0.15) is 0 Å². The van der Waals surface area contributed by atoms with Crippen LogP contribution in [-0.4, -0.2) is 43.2 Å². The third-order valence-electron chi connectivity index (χ3n) is 3.73. The molecule has 1 aliphatic carbocycles. The molecule has 0 aromatic rings. The maximum Gasteiger partial charge on any atom is 0.0780 e. The lowest BCUT2D eigenvalue weighted by molar-refractivity contribution is -0.0111. The minimum Gasteiger partial charge on any atom is -0.394 e. The van der Waals surface area contributed by atoms with Gasteiger partial charge in [0.05, 0.1) is 19.3 Å². The molecule has 4 nitrogen and oxygen atoms in total. The van der Waals surface area contributed by atoms with E-state index in [1.165, 1.54) is 0 Å². The molecule has 1 saturated carbocycles. The molecule has 3 N–H and O–H groups in total. The van der Waals surface area contributed by atoms with Crippen molar-refractivity contribution in [2.45, 2.75) is 51.2 Å². The van der Waals surface area contributed by atoms with Gasteiger partial charge in [0.2, 0.25) is 0 Å². The second-order valence-corrected chi connectivity index (χ2v) is 5.11. The van der Waals surface area contributed by atoms with Crippen LogP contribution in [0.25, 0.3) is 0 Å². The predicted octanol–water partition coefficient (Wildman–Crippen LogP) is 1.31. The van der Waals surface area contributed by atoms with Gasteiger partial charge in [0.25, 0.3) is 0 Å². The maximum absolute atomic E-state index is 9.33. The topological polar surface area (TPSA) is 64.7 Å². The normalized spacial score (nSPS) is 30.7. The fourth-order valence-electron chi connectivity index (χ4n) is 2.55. The van der Waals surface area contributed by atoms with Gasteiger partial charge < -0.3 is 20.3 Å². The molecule has 0 aromatic heterocycles. The monoisotopic (exact) mass is 245 g/mol. The highest BCUT2D eigenvalue weighted by Crippen LogP contribution is 2.35. The summed E-state index contributed by atoms with van der Waals surface area (Å²) in [6.07, 6.45) is 4.24. The van der Waals surface area contributed by atoms with E-state index in [1.54, 1.807) is 0 Å². The summed E-state index contributed by atoms with van der Waals surface area (Å²) in [7, 11) is 0. The number of hydrogen-bond acceptors (Lipinski definition) is 4. The van der Waals surface area contributed by atoms with Crippen molar-refractivity contribution in [2.75, 3.05) is 26.4 Å². The van der Waals surface area contributed by atoms with E-state index in [1.807, 2.05) is 13.8 Å². The Labute approximate surface area is 104 Å². The molecule has 0 radical (unpaired) electrons. The standard InChI is InChI=1S/C13H27NO3/c1-3-16-9-11(2)17-8-6-12-5-4-7-13(12,14)10-15/h11-12,15H,3-10,14H2,1-2H3. The lowest BCUT2D eigenvalue weighted by Gasteiger charge is -2.29. The Morgan fingerprint density at radius 2 is 2.29 bits per heavy atom. The first kappa shape index (κ1) is 14.9. The molecule has 3 atom stereocenters. The molecule has 1 aliphatic rings. The molecule has 1 rings (SSSR count). The number of aliphatic hydroxyl groups is 1. The van der Waals surface area contributed by atoms with Crippen LogP contribution >= 0.6 is 0 Å². The van der Waals surface area contributed by atoms with Crippen molar-refractivity contribution in [1.82, 2.24) is 0 Å². The van der Waals surface area contributed by atoms with Crippen LogP contribution in [0.1, 0.15) is 39.5 Å². The highest BCUT2D eigenvalue weighted by Gasteiger charge is 2.38. The number of hydrogen-bond donors (Lipinski definition) is 2. The molecule has 4 heteroatoms. The zero-order chi connectivity index (χ0) is 12.7. The van der Waals surface area contributed by atoms with Crippen LogP contribution in [0.4, 0.5) is 0 Å². The van der Waals surface area contributed by atoms with Crippen LogP contribution < -0.4 is 5.73 Å². The lowest BCUT2D eigenvalue weighted by Crippen LogP contribution is -2.47. The molecule has 3 unspecified atom stereocenters. The van der Waals surface area contributed by atoms with Crippen molar-refractivity contribution in [3.8, 4) is 0 Å². The van der Waals surface area contributed by atoms with Crippen molar-refractivity contribution in [2.24, 2.45) is 11.7 Å². The summed E-state index contributed by atoms with van der Waals surface area (Å²) in [5, 5.41) is 9.33. The summed E-state index contributed by atoms with van der Waals surface area (Å²) >= 11 is 0. The molecular weight excluding hydrogens is 218 g/mol. The summed E-state index contributed by atoms with van der Waals surface area (Å²) in [5.74, 6) is 0.395. The van der Waals surface area contributed by atoms with Gasteiger partial charge in [-0.05, 0) is 39.0 Å². The molecule has 0 amide bonds. The van der Waals surface area contributed by atoms with Gasteiger partial charge in [0.15, 0.2) is 0 Å². The quantitative estimate of drug-likeness (QED) is 0.676. The number of aliphatic hydroxyl groups excluding tert-OH is 1. The molecule has 1 fully saturated rings. The van der Waals surface area contributed by atoms with Crippen molar-refractivity contribution in [3.63, 3.8) is 0 Å². The highest BCUT2D eigenvalue weighted by molar-refractivity contribution is 4.95. The van der Waals surface area contributed by atoms with Gasteiger partial charge in [-0.1, -0.05) is 6.42 Å². The molecule has 102 valence electrons. The number of rotatable bonds is 8. The van der Waals surface area contributed by atoms with Crippen LogP contribution in [0.15, 0.2) is 0 Å². The Hall–Kier alpha value is -0.160. The average molecular weight is 245 g/mol. The Morgan fingerprint density at radius 3 is 2.94 bits per heavy atom. The van der Waals surface area contributed by atoms with Gasteiger partial charge in [-0.15, -0.1) is 0 Å². The third kappa shape index (κ3) is 4.54. The zero-order valence-electron chi connectivity index (χ0n) is 11.2. The van der Waals surface area contributed by atoms with Gasteiger partial charge in [0, 0.05) is 18.8 Å². The summed E-state index contributed by atoms with van der Waals surface area (Å²) in [4.78, 5) is 0. The van der Waals surface area contributed by atoms with E-state index in [2.05, 4.69) is 0 Å². The first-order chi connectivity index (χ1) is 8.12. The van der Waals surface area contributed by atoms with Gasteiger partial charge in [-0.3, -0.25) is 0 Å². The molecular formula is C13H27NO3. The van der Waals surface area contributed by atoms with Crippen molar-refractivity contribution in [3.05, 3.63) is 0 Å². The van der Waals surface area contributed by atoms with E-state index >= 15 is 0 Å². The van der Waals surface area contributed by atoms with Gasteiger partial charge in [0.1, 0.15) is 0 Å². The van der Waals surface area contributed by atoms with E-state index in [-0.39, 0.29) is 18.2 Å². The molecule has 0 aliphatic heterocycles. The van der Waals surface area contributed by atoms with Gasteiger partial charge >= 0.3 is 0 Å². The highest BCUT2D eigenvalue weighted by atomic mass is 16.5. The fraction of sp³-hybridized carbons (Fsp3) is 1.00. The summed E-state index contributed by atoms with van der Waals surface area (Å²) < 4.78 is 11.0. The SMILES string of the molecule is CCOCC(C)OCCC1CCCC1(N)CO. The first-order valence-electron chi connectivity index (χ1n) is 6.71. The largest absolute Gasteiger partial charge is 0.394 e. The van der Waals surface area contributed by atoms with Crippen LogP contribution in [0.3, 0.4) is 0 Å². The van der Waals surface area contributed by atoms with E-state index < -0.39 is 0 Å². The Bertz CT molecular complexity index is 213. The van der Waals surface area contributed by atoms with Crippen LogP contribution in [0, 0.1) is 5.92 Å². The molecule has 0 aromatic carbocycles. The third-order valence-corrected chi connectivity index (χ3v) is 3.73. The Morgan fingerprint density at radius 1 is 1.53 bits per heavy atom. The second-order valence-electron chi connectivity index (χ2n) is 5.11. The smallest absolute Gasteiger partial charge is 0.0780 e. The predicted molar refractivity (Wildman–Crippen MR) is 67.9 cm³/mol. The Balaban J connectivity index is 2.17. The molecule has 0 saturated heterocycles. The minimum absolute atomic E-state index is 0.0895. The fourth-order valence-corrected chi connectivity index (χ4v) is 2.55. The van der Waals surface area contributed by atoms with E-state index in [9.17, 15) is 5.11 Å². The Kier molecular flexibility index (Phi) is 6.41. The van der Waals surface area contributed by atoms with Crippen molar-refractivity contribution >= 4 is 0 Å². The number of nitrogens with two attached hydrogens (primary N) is 1. The molecule has 17 heavy (non-hydrogen) atoms. The average Bonchev–Trinajstić information content (AvgIpc) is 2.69. The second kappa shape index (κ2) is 7.31. The summed E-state index contributed by atoms with van der Waals surface area (Å²) in [6.45, 7) is 6.17.